The lowest BCUT2D eigenvalue weighted by molar-refractivity contribution is -0.120. The summed E-state index contributed by atoms with van der Waals surface area (Å²) in [5.74, 6) is -0.0303. The second-order valence-electron chi connectivity index (χ2n) is 6.12. The fraction of sp³-hybridized carbons (Fsp3) is 0.263. The number of hydrogen-bond donors (Lipinski definition) is 1. The summed E-state index contributed by atoms with van der Waals surface area (Å²) in [6, 6.07) is 11.2. The Hall–Kier alpha value is -2.23. The number of thiophene rings is 1. The molecule has 0 fully saturated rings. The fourth-order valence-corrected chi connectivity index (χ4v) is 5.26. The Morgan fingerprint density at radius 3 is 2.61 bits per heavy atom. The van der Waals surface area contributed by atoms with Crippen LogP contribution in [0, 0.1) is 0 Å². The molecule has 0 radical (unpaired) electrons. The smallest absolute Gasteiger partial charge is 0.238 e. The summed E-state index contributed by atoms with van der Waals surface area (Å²) in [7, 11) is -2.07. The highest BCUT2D eigenvalue weighted by Gasteiger charge is 2.29. The summed E-state index contributed by atoms with van der Waals surface area (Å²) in [5.41, 5.74) is 1.32. The largest absolute Gasteiger partial charge is 0.497 e. The van der Waals surface area contributed by atoms with E-state index in [0.717, 1.165) is 21.2 Å². The van der Waals surface area contributed by atoms with Gasteiger partial charge < -0.3 is 10.1 Å². The predicted octanol–water partition coefficient (Wildman–Crippen LogP) is 3.50. The molecule has 3 rings (SSSR count). The molecule has 1 unspecified atom stereocenters. The van der Waals surface area contributed by atoms with Crippen LogP contribution in [0.5, 0.6) is 5.75 Å². The van der Waals surface area contributed by atoms with Crippen molar-refractivity contribution in [3.8, 4) is 16.3 Å². The Morgan fingerprint density at radius 1 is 1.21 bits per heavy atom. The molecule has 0 saturated carbocycles. The summed E-state index contributed by atoms with van der Waals surface area (Å²) in [5, 5.41) is 5.89. The summed E-state index contributed by atoms with van der Waals surface area (Å²) in [4.78, 5) is 17.6. The molecule has 28 heavy (non-hydrogen) atoms. The Balaban J connectivity index is 1.64. The number of benzene rings is 1. The number of nitrogens with one attached hydrogen (secondary N) is 1. The standard InChI is InChI=1S/C19H20N2O4S3/c1-13(18(22)20-10-17-4-3-9-26-17)28(23,24)12-15-11-27-19(21-15)14-5-7-16(25-2)8-6-14/h3-9,11,13H,10,12H2,1-2H3,(H,20,22). The lowest BCUT2D eigenvalue weighted by Crippen LogP contribution is -2.38. The third-order valence-electron chi connectivity index (χ3n) is 4.16. The van der Waals surface area contributed by atoms with Crippen molar-refractivity contribution in [2.75, 3.05) is 7.11 Å². The summed E-state index contributed by atoms with van der Waals surface area (Å²) in [6.45, 7) is 1.74. The zero-order valence-corrected chi connectivity index (χ0v) is 17.9. The molecule has 2 heterocycles. The second-order valence-corrected chi connectivity index (χ2v) is 10.3. The van der Waals surface area contributed by atoms with Crippen LogP contribution in [0.1, 0.15) is 17.5 Å². The molecule has 6 nitrogen and oxygen atoms in total. The molecule has 1 N–H and O–H groups in total. The molecule has 1 amide bonds. The van der Waals surface area contributed by atoms with Crippen molar-refractivity contribution in [2.45, 2.75) is 24.5 Å². The van der Waals surface area contributed by atoms with E-state index in [1.807, 2.05) is 41.8 Å². The number of thiazole rings is 1. The zero-order chi connectivity index (χ0) is 20.1. The summed E-state index contributed by atoms with van der Waals surface area (Å²) in [6.07, 6.45) is 0. The minimum Gasteiger partial charge on any atom is -0.497 e. The average Bonchev–Trinajstić information content (AvgIpc) is 3.37. The average molecular weight is 437 g/mol. The number of aromatic nitrogens is 1. The molecule has 148 valence electrons. The molecule has 1 aromatic carbocycles. The van der Waals surface area contributed by atoms with Gasteiger partial charge in [-0.15, -0.1) is 22.7 Å². The molecule has 0 aliphatic rings. The Kier molecular flexibility index (Phi) is 6.48. The highest BCUT2D eigenvalue weighted by atomic mass is 32.2. The molecule has 0 bridgehead atoms. The van der Waals surface area contributed by atoms with Gasteiger partial charge in [0.05, 0.1) is 25.1 Å². The van der Waals surface area contributed by atoms with Crippen molar-refractivity contribution < 1.29 is 17.9 Å². The van der Waals surface area contributed by atoms with E-state index in [2.05, 4.69) is 10.3 Å². The van der Waals surface area contributed by atoms with Crippen LogP contribution in [0.15, 0.2) is 47.2 Å². The van der Waals surface area contributed by atoms with Crippen molar-refractivity contribution in [2.24, 2.45) is 0 Å². The minimum atomic E-state index is -3.67. The van der Waals surface area contributed by atoms with Crippen LogP contribution in [0.4, 0.5) is 0 Å². The van der Waals surface area contributed by atoms with Crippen LogP contribution in [0.3, 0.4) is 0 Å². The number of carbonyl (C=O) groups is 1. The fourth-order valence-electron chi connectivity index (χ4n) is 2.46. The van der Waals surface area contributed by atoms with Crippen LogP contribution in [-0.4, -0.2) is 31.7 Å². The number of ether oxygens (including phenoxy) is 1. The maximum Gasteiger partial charge on any atom is 0.238 e. The Bertz CT molecular complexity index is 1030. The van der Waals surface area contributed by atoms with Gasteiger partial charge in [-0.1, -0.05) is 6.07 Å². The first-order valence-electron chi connectivity index (χ1n) is 8.49. The number of rotatable bonds is 8. The second kappa shape index (κ2) is 8.85. The van der Waals surface area contributed by atoms with Gasteiger partial charge in [0.1, 0.15) is 16.0 Å². The minimum absolute atomic E-state index is 0.271. The molecular formula is C19H20N2O4S3. The molecule has 0 spiro atoms. The lowest BCUT2D eigenvalue weighted by Gasteiger charge is -2.12. The van der Waals surface area contributed by atoms with E-state index in [-0.39, 0.29) is 5.75 Å². The number of methoxy groups -OCH3 is 1. The number of amides is 1. The third kappa shape index (κ3) is 4.98. The third-order valence-corrected chi connectivity index (χ3v) is 7.97. The van der Waals surface area contributed by atoms with Crippen molar-refractivity contribution in [3.05, 3.63) is 57.7 Å². The summed E-state index contributed by atoms with van der Waals surface area (Å²) >= 11 is 2.88. The van der Waals surface area contributed by atoms with Crippen molar-refractivity contribution in [1.82, 2.24) is 10.3 Å². The summed E-state index contributed by atoms with van der Waals surface area (Å²) < 4.78 is 30.4. The first-order chi connectivity index (χ1) is 13.4. The first kappa shape index (κ1) is 20.5. The molecule has 3 aromatic rings. The molecule has 0 aliphatic heterocycles. The van der Waals surface area contributed by atoms with E-state index in [0.29, 0.717) is 12.2 Å². The highest BCUT2D eigenvalue weighted by Crippen LogP contribution is 2.26. The van der Waals surface area contributed by atoms with E-state index >= 15 is 0 Å². The molecule has 0 aliphatic carbocycles. The topological polar surface area (TPSA) is 85.4 Å². The molecule has 0 saturated heterocycles. The number of nitrogens with zero attached hydrogens (tertiary/aromatic N) is 1. The molecule has 2 aromatic heterocycles. The van der Waals surface area contributed by atoms with Gasteiger partial charge in [-0.25, -0.2) is 13.4 Å². The number of sulfone groups is 1. The van der Waals surface area contributed by atoms with Crippen LogP contribution < -0.4 is 10.1 Å². The lowest BCUT2D eigenvalue weighted by atomic mass is 10.2. The van der Waals surface area contributed by atoms with Gasteiger partial charge in [0.25, 0.3) is 0 Å². The van der Waals surface area contributed by atoms with E-state index in [1.165, 1.54) is 29.6 Å². The quantitative estimate of drug-likeness (QED) is 0.584. The van der Waals surface area contributed by atoms with Crippen LogP contribution in [0.25, 0.3) is 10.6 Å². The van der Waals surface area contributed by atoms with Gasteiger partial charge >= 0.3 is 0 Å². The van der Waals surface area contributed by atoms with Crippen LogP contribution >= 0.6 is 22.7 Å². The van der Waals surface area contributed by atoms with E-state index in [1.54, 1.807) is 12.5 Å². The van der Waals surface area contributed by atoms with Crippen molar-refractivity contribution >= 4 is 38.4 Å². The zero-order valence-electron chi connectivity index (χ0n) is 15.4. The SMILES string of the molecule is COc1ccc(-c2nc(CS(=O)(=O)C(C)C(=O)NCc3cccs3)cs2)cc1. The normalized spacial score (nSPS) is 12.5. The molecule has 9 heteroatoms. The monoisotopic (exact) mass is 436 g/mol. The van der Waals surface area contributed by atoms with E-state index in [4.69, 9.17) is 4.74 Å². The van der Waals surface area contributed by atoms with Gasteiger partial charge in [-0.2, -0.15) is 0 Å². The molecule has 1 atom stereocenters. The van der Waals surface area contributed by atoms with Crippen LogP contribution in [-0.2, 0) is 26.9 Å². The van der Waals surface area contributed by atoms with Gasteiger partial charge in [0, 0.05) is 15.8 Å². The maximum atomic E-state index is 12.6. The highest BCUT2D eigenvalue weighted by molar-refractivity contribution is 7.92. The number of hydrogen-bond acceptors (Lipinski definition) is 7. The predicted molar refractivity (Wildman–Crippen MR) is 112 cm³/mol. The van der Waals surface area contributed by atoms with Gasteiger partial charge in [0.15, 0.2) is 9.84 Å². The van der Waals surface area contributed by atoms with Crippen molar-refractivity contribution in [3.63, 3.8) is 0 Å². The van der Waals surface area contributed by atoms with Gasteiger partial charge in [-0.3, -0.25) is 4.79 Å². The number of carbonyl (C=O) groups excluding carboxylic acids is 1. The van der Waals surface area contributed by atoms with E-state index < -0.39 is 21.0 Å². The van der Waals surface area contributed by atoms with E-state index in [9.17, 15) is 13.2 Å². The van der Waals surface area contributed by atoms with Crippen molar-refractivity contribution in [1.29, 1.82) is 0 Å². The van der Waals surface area contributed by atoms with Gasteiger partial charge in [0.2, 0.25) is 5.91 Å². The first-order valence-corrected chi connectivity index (χ1v) is 12.0. The Morgan fingerprint density at radius 2 is 1.96 bits per heavy atom. The van der Waals surface area contributed by atoms with Crippen LogP contribution in [0.2, 0.25) is 0 Å². The molecular weight excluding hydrogens is 416 g/mol. The van der Waals surface area contributed by atoms with Gasteiger partial charge in [-0.05, 0) is 42.6 Å². The Labute approximate surface area is 172 Å². The maximum absolute atomic E-state index is 12.6.